The fourth-order valence-electron chi connectivity index (χ4n) is 3.86. The molecular weight excluding hydrogens is 450 g/mol. The van der Waals surface area contributed by atoms with Crippen LogP contribution in [-0.2, 0) is 14.8 Å². The minimum absolute atomic E-state index is 0.0994. The summed E-state index contributed by atoms with van der Waals surface area (Å²) in [5.41, 5.74) is 1.32. The van der Waals surface area contributed by atoms with E-state index in [2.05, 4.69) is 5.32 Å². The standard InChI is InChI=1S/C23H30ClN3O4S/c1-16-14-27(15-17(2)31-16)32(29,30)19-11-9-18(10-12-19)23(28)25-13-22(26(3)4)20-7-5-6-8-21(20)24/h5-12,16-17,22H,13-15H2,1-4H3,(H,25,28)/t16-,17-,22-/m0/s1. The van der Waals surface area contributed by atoms with Crippen LogP contribution in [0.5, 0.6) is 0 Å². The van der Waals surface area contributed by atoms with Crippen LogP contribution in [0.25, 0.3) is 0 Å². The van der Waals surface area contributed by atoms with Crippen LogP contribution in [0.2, 0.25) is 5.02 Å². The molecule has 1 heterocycles. The zero-order valence-electron chi connectivity index (χ0n) is 18.8. The summed E-state index contributed by atoms with van der Waals surface area (Å²) in [5.74, 6) is -0.276. The zero-order chi connectivity index (χ0) is 23.5. The van der Waals surface area contributed by atoms with Gasteiger partial charge in [-0.25, -0.2) is 8.42 Å². The van der Waals surface area contributed by atoms with Crippen molar-refractivity contribution in [2.24, 2.45) is 0 Å². The van der Waals surface area contributed by atoms with Gasteiger partial charge in [-0.2, -0.15) is 4.31 Å². The van der Waals surface area contributed by atoms with Crippen molar-refractivity contribution in [2.45, 2.75) is 37.0 Å². The summed E-state index contributed by atoms with van der Waals surface area (Å²) < 4.78 is 33.0. The van der Waals surface area contributed by atoms with E-state index < -0.39 is 10.0 Å². The number of rotatable bonds is 7. The predicted octanol–water partition coefficient (Wildman–Crippen LogP) is 3.17. The van der Waals surface area contributed by atoms with E-state index in [1.807, 2.05) is 57.1 Å². The molecule has 32 heavy (non-hydrogen) atoms. The highest BCUT2D eigenvalue weighted by Crippen LogP contribution is 2.26. The summed E-state index contributed by atoms with van der Waals surface area (Å²) >= 11 is 6.33. The maximum atomic E-state index is 13.0. The molecule has 1 saturated heterocycles. The fraction of sp³-hybridized carbons (Fsp3) is 0.435. The van der Waals surface area contributed by atoms with Gasteiger partial charge in [-0.3, -0.25) is 4.79 Å². The van der Waals surface area contributed by atoms with Crippen molar-refractivity contribution < 1.29 is 17.9 Å². The highest BCUT2D eigenvalue weighted by Gasteiger charge is 2.32. The van der Waals surface area contributed by atoms with E-state index in [-0.39, 0.29) is 29.1 Å². The van der Waals surface area contributed by atoms with Crippen molar-refractivity contribution in [2.75, 3.05) is 33.7 Å². The highest BCUT2D eigenvalue weighted by atomic mass is 35.5. The van der Waals surface area contributed by atoms with Crippen molar-refractivity contribution in [3.8, 4) is 0 Å². The summed E-state index contributed by atoms with van der Waals surface area (Å²) in [5, 5.41) is 3.56. The first kappa shape index (κ1) is 24.7. The van der Waals surface area contributed by atoms with Crippen molar-refractivity contribution in [3.05, 3.63) is 64.7 Å². The molecule has 0 bridgehead atoms. The summed E-state index contributed by atoms with van der Waals surface area (Å²) in [7, 11) is 0.200. The molecule has 1 aliphatic heterocycles. The number of carbonyl (C=O) groups excluding carboxylic acids is 1. The van der Waals surface area contributed by atoms with Crippen LogP contribution >= 0.6 is 11.6 Å². The molecule has 2 aromatic rings. The topological polar surface area (TPSA) is 79.0 Å². The summed E-state index contributed by atoms with van der Waals surface area (Å²) in [6, 6.07) is 13.5. The van der Waals surface area contributed by atoms with Crippen LogP contribution in [-0.4, -0.2) is 69.5 Å². The maximum Gasteiger partial charge on any atom is 0.251 e. The van der Waals surface area contributed by atoms with E-state index >= 15 is 0 Å². The van der Waals surface area contributed by atoms with E-state index in [1.54, 1.807) is 0 Å². The number of sulfonamides is 1. The molecule has 3 atom stereocenters. The van der Waals surface area contributed by atoms with Crippen molar-refractivity contribution in [1.29, 1.82) is 0 Å². The Kier molecular flexibility index (Phi) is 7.95. The molecule has 7 nitrogen and oxygen atoms in total. The minimum atomic E-state index is -3.65. The monoisotopic (exact) mass is 479 g/mol. The van der Waals surface area contributed by atoms with Gasteiger partial charge in [-0.1, -0.05) is 29.8 Å². The SMILES string of the molecule is C[C@H]1CN(S(=O)(=O)c2ccc(C(=O)NC[C@@H](c3ccccc3Cl)N(C)C)cc2)C[C@H](C)O1. The van der Waals surface area contributed by atoms with E-state index in [0.29, 0.717) is 30.2 Å². The fourth-order valence-corrected chi connectivity index (χ4v) is 5.71. The molecule has 0 aromatic heterocycles. The predicted molar refractivity (Wildman–Crippen MR) is 125 cm³/mol. The smallest absolute Gasteiger partial charge is 0.251 e. The van der Waals surface area contributed by atoms with Gasteiger partial charge in [0.15, 0.2) is 0 Å². The normalized spacial score (nSPS) is 20.8. The first-order valence-electron chi connectivity index (χ1n) is 10.5. The second-order valence-electron chi connectivity index (χ2n) is 8.31. The first-order valence-corrected chi connectivity index (χ1v) is 12.4. The van der Waals surface area contributed by atoms with Crippen LogP contribution in [0.1, 0.15) is 35.8 Å². The number of ether oxygens (including phenoxy) is 1. The number of nitrogens with zero attached hydrogens (tertiary/aromatic N) is 2. The van der Waals surface area contributed by atoms with Crippen molar-refractivity contribution in [1.82, 2.24) is 14.5 Å². The Morgan fingerprint density at radius 3 is 2.28 bits per heavy atom. The Hall–Kier alpha value is -1.97. The number of hydrogen-bond acceptors (Lipinski definition) is 5. The van der Waals surface area contributed by atoms with Crippen LogP contribution in [0.3, 0.4) is 0 Å². The highest BCUT2D eigenvalue weighted by molar-refractivity contribution is 7.89. The number of halogens is 1. The number of amides is 1. The Labute approximate surface area is 195 Å². The largest absolute Gasteiger partial charge is 0.373 e. The zero-order valence-corrected chi connectivity index (χ0v) is 20.4. The Morgan fingerprint density at radius 2 is 1.72 bits per heavy atom. The number of morpholine rings is 1. The average molecular weight is 480 g/mol. The molecule has 174 valence electrons. The van der Waals surface area contributed by atoms with Gasteiger partial charge in [0.05, 0.1) is 23.1 Å². The van der Waals surface area contributed by atoms with Gasteiger partial charge in [0, 0.05) is 30.2 Å². The molecule has 1 amide bonds. The van der Waals surface area contributed by atoms with Gasteiger partial charge in [0.1, 0.15) is 0 Å². The molecule has 1 fully saturated rings. The van der Waals surface area contributed by atoms with E-state index in [9.17, 15) is 13.2 Å². The number of benzene rings is 2. The second-order valence-corrected chi connectivity index (χ2v) is 10.7. The van der Waals surface area contributed by atoms with Crippen LogP contribution in [0.15, 0.2) is 53.4 Å². The van der Waals surface area contributed by atoms with Gasteiger partial charge in [-0.15, -0.1) is 0 Å². The maximum absolute atomic E-state index is 13.0. The van der Waals surface area contributed by atoms with Crippen LogP contribution < -0.4 is 5.32 Å². The molecule has 9 heteroatoms. The third-order valence-electron chi connectivity index (χ3n) is 5.48. The number of likely N-dealkylation sites (N-methyl/N-ethyl adjacent to an activating group) is 1. The van der Waals surface area contributed by atoms with E-state index in [1.165, 1.54) is 28.6 Å². The summed E-state index contributed by atoms with van der Waals surface area (Å²) in [4.78, 5) is 14.8. The van der Waals surface area contributed by atoms with E-state index in [4.69, 9.17) is 16.3 Å². The van der Waals surface area contributed by atoms with Gasteiger partial charge >= 0.3 is 0 Å². The number of carbonyl (C=O) groups is 1. The summed E-state index contributed by atoms with van der Waals surface area (Å²) in [6.45, 7) is 4.69. The number of nitrogens with one attached hydrogen (secondary N) is 1. The van der Waals surface area contributed by atoms with E-state index in [0.717, 1.165) is 5.56 Å². The lowest BCUT2D eigenvalue weighted by Gasteiger charge is -2.34. The second kappa shape index (κ2) is 10.3. The Balaban J connectivity index is 1.69. The molecule has 0 radical (unpaired) electrons. The Bertz CT molecular complexity index is 1030. The lowest BCUT2D eigenvalue weighted by molar-refractivity contribution is -0.0440. The molecule has 0 spiro atoms. The lowest BCUT2D eigenvalue weighted by atomic mass is 10.1. The first-order chi connectivity index (χ1) is 15.1. The average Bonchev–Trinajstić information content (AvgIpc) is 2.74. The third kappa shape index (κ3) is 5.68. The molecule has 3 rings (SSSR count). The minimum Gasteiger partial charge on any atom is -0.373 e. The molecule has 1 aliphatic rings. The van der Waals surface area contributed by atoms with Crippen LogP contribution in [0, 0.1) is 0 Å². The molecule has 0 unspecified atom stereocenters. The van der Waals surface area contributed by atoms with Gasteiger partial charge in [0.2, 0.25) is 10.0 Å². The molecule has 0 aliphatic carbocycles. The van der Waals surface area contributed by atoms with Gasteiger partial charge < -0.3 is 15.0 Å². The Morgan fingerprint density at radius 1 is 1.12 bits per heavy atom. The van der Waals surface area contributed by atoms with Gasteiger partial charge in [0.25, 0.3) is 5.91 Å². The third-order valence-corrected chi connectivity index (χ3v) is 7.67. The summed E-state index contributed by atoms with van der Waals surface area (Å²) in [6.07, 6.45) is -0.331. The van der Waals surface area contributed by atoms with Crippen LogP contribution in [0.4, 0.5) is 0 Å². The van der Waals surface area contributed by atoms with Crippen molar-refractivity contribution >= 4 is 27.5 Å². The van der Waals surface area contributed by atoms with Gasteiger partial charge in [-0.05, 0) is 63.8 Å². The van der Waals surface area contributed by atoms with Crippen molar-refractivity contribution in [3.63, 3.8) is 0 Å². The molecular formula is C23H30ClN3O4S. The molecule has 1 N–H and O–H groups in total. The molecule has 0 saturated carbocycles. The lowest BCUT2D eigenvalue weighted by Crippen LogP contribution is -2.48. The molecule has 2 aromatic carbocycles. The quantitative estimate of drug-likeness (QED) is 0.659. The number of hydrogen-bond donors (Lipinski definition) is 1.